The van der Waals surface area contributed by atoms with Crippen LogP contribution in [-0.2, 0) is 19.1 Å². The number of unbranched alkanes of at least 4 members (excludes halogenated alkanes) is 7. The molecule has 0 aromatic carbocycles. The number of aliphatic hydroxyl groups excluding tert-OH is 2. The molecule has 0 aromatic rings. The molecule has 0 radical (unpaired) electrons. The molecule has 0 heterocycles. The molecule has 3 atom stereocenters. The zero-order valence-corrected chi connectivity index (χ0v) is 27.0. The van der Waals surface area contributed by atoms with Gasteiger partial charge in [-0.1, -0.05) is 127 Å². The largest absolute Gasteiger partial charge is 0.462 e. The third-order valence-corrected chi connectivity index (χ3v) is 7.24. The van der Waals surface area contributed by atoms with E-state index in [-0.39, 0.29) is 37.7 Å². The number of carbonyl (C=O) groups excluding carboxylic acids is 2. The average molecular weight is 591 g/mol. The second kappa shape index (κ2) is 30.3. The Morgan fingerprint density at radius 1 is 0.714 bits per heavy atom. The number of rotatable bonds is 28. The summed E-state index contributed by atoms with van der Waals surface area (Å²) in [5.41, 5.74) is 0. The average Bonchev–Trinajstić information content (AvgIpc) is 2.99. The van der Waals surface area contributed by atoms with Gasteiger partial charge in [0.25, 0.3) is 0 Å². The lowest BCUT2D eigenvalue weighted by Crippen LogP contribution is -2.28. The van der Waals surface area contributed by atoms with E-state index in [4.69, 9.17) is 9.47 Å². The van der Waals surface area contributed by atoms with E-state index in [1.54, 1.807) is 0 Å². The molecule has 0 saturated carbocycles. The second-order valence-electron chi connectivity index (χ2n) is 11.3. The fourth-order valence-electron chi connectivity index (χ4n) is 4.24. The van der Waals surface area contributed by atoms with E-state index < -0.39 is 6.10 Å². The van der Waals surface area contributed by atoms with Crippen molar-refractivity contribution in [3.05, 3.63) is 48.6 Å². The van der Waals surface area contributed by atoms with Crippen LogP contribution in [0.4, 0.5) is 0 Å². The number of hydrogen-bond acceptors (Lipinski definition) is 6. The topological polar surface area (TPSA) is 93.1 Å². The van der Waals surface area contributed by atoms with Crippen LogP contribution in [0.1, 0.15) is 136 Å². The van der Waals surface area contributed by atoms with Gasteiger partial charge in [0.2, 0.25) is 0 Å². The van der Waals surface area contributed by atoms with Gasteiger partial charge >= 0.3 is 11.9 Å². The van der Waals surface area contributed by atoms with Crippen molar-refractivity contribution in [2.75, 3.05) is 13.2 Å². The predicted molar refractivity (Wildman–Crippen MR) is 174 cm³/mol. The van der Waals surface area contributed by atoms with Crippen LogP contribution in [0.3, 0.4) is 0 Å². The number of hydrogen-bond donors (Lipinski definition) is 2. The van der Waals surface area contributed by atoms with Crippen LogP contribution in [0.2, 0.25) is 0 Å². The molecule has 42 heavy (non-hydrogen) atoms. The van der Waals surface area contributed by atoms with E-state index in [9.17, 15) is 19.8 Å². The van der Waals surface area contributed by atoms with E-state index in [0.29, 0.717) is 12.8 Å². The van der Waals surface area contributed by atoms with Crippen LogP contribution in [0.5, 0.6) is 0 Å². The maximum absolute atomic E-state index is 12.1. The molecule has 0 aliphatic heterocycles. The van der Waals surface area contributed by atoms with Crippen molar-refractivity contribution in [2.45, 2.75) is 149 Å². The molecule has 0 bridgehead atoms. The summed E-state index contributed by atoms with van der Waals surface area (Å²) >= 11 is 0. The molecule has 0 aliphatic carbocycles. The van der Waals surface area contributed by atoms with Gasteiger partial charge in [-0.25, -0.2) is 0 Å². The van der Waals surface area contributed by atoms with Crippen molar-refractivity contribution in [1.82, 2.24) is 0 Å². The van der Waals surface area contributed by atoms with Crippen molar-refractivity contribution < 1.29 is 29.3 Å². The van der Waals surface area contributed by atoms with E-state index >= 15 is 0 Å². The zero-order chi connectivity index (χ0) is 31.1. The highest BCUT2D eigenvalue weighted by molar-refractivity contribution is 5.70. The number of aliphatic hydroxyl groups is 2. The van der Waals surface area contributed by atoms with Gasteiger partial charge in [-0.05, 0) is 50.9 Å². The molecule has 2 N–H and O–H groups in total. The van der Waals surface area contributed by atoms with Gasteiger partial charge in [0.15, 0.2) is 6.10 Å². The Morgan fingerprint density at radius 3 is 1.95 bits per heavy atom. The van der Waals surface area contributed by atoms with Gasteiger partial charge < -0.3 is 19.7 Å². The first kappa shape index (κ1) is 39.8. The maximum Gasteiger partial charge on any atom is 0.306 e. The highest BCUT2D eigenvalue weighted by Crippen LogP contribution is 2.14. The highest BCUT2D eigenvalue weighted by Gasteiger charge is 2.15. The minimum atomic E-state index is -0.810. The van der Waals surface area contributed by atoms with Crippen molar-refractivity contribution in [3.8, 4) is 0 Å². The molecule has 0 aliphatic rings. The van der Waals surface area contributed by atoms with Crippen molar-refractivity contribution in [3.63, 3.8) is 0 Å². The highest BCUT2D eigenvalue weighted by atomic mass is 16.6. The van der Waals surface area contributed by atoms with Crippen LogP contribution < -0.4 is 0 Å². The number of esters is 2. The zero-order valence-electron chi connectivity index (χ0n) is 27.0. The molecule has 6 heteroatoms. The van der Waals surface area contributed by atoms with Gasteiger partial charge in [0, 0.05) is 12.8 Å². The van der Waals surface area contributed by atoms with Crippen molar-refractivity contribution in [1.29, 1.82) is 0 Å². The van der Waals surface area contributed by atoms with Crippen LogP contribution >= 0.6 is 0 Å². The lowest BCUT2D eigenvalue weighted by molar-refractivity contribution is -0.161. The summed E-state index contributed by atoms with van der Waals surface area (Å²) in [6, 6.07) is 0. The van der Waals surface area contributed by atoms with E-state index in [1.165, 1.54) is 32.1 Å². The fraction of sp³-hybridized carbons (Fsp3) is 0.722. The quantitative estimate of drug-likeness (QED) is 0.0538. The molecular formula is C36H62O6. The Bertz CT molecular complexity index is 754. The van der Waals surface area contributed by atoms with Gasteiger partial charge in [-0.2, -0.15) is 0 Å². The molecular weight excluding hydrogens is 528 g/mol. The molecule has 242 valence electrons. The predicted octanol–water partition coefficient (Wildman–Crippen LogP) is 8.72. The van der Waals surface area contributed by atoms with Gasteiger partial charge in [0.1, 0.15) is 6.61 Å². The summed E-state index contributed by atoms with van der Waals surface area (Å²) in [4.78, 5) is 24.1. The molecule has 0 saturated heterocycles. The SMILES string of the molecule is CCCC[C@@H](O)/C=C\C/C=C\C/C=C\C/C=C\CCCC(=O)O[C@@H](CO)COC(=O)CCCCCCCCC(C)CC. The molecule has 0 aromatic heterocycles. The van der Waals surface area contributed by atoms with Crippen LogP contribution in [0.15, 0.2) is 48.6 Å². The molecule has 0 fully saturated rings. The Morgan fingerprint density at radius 2 is 1.31 bits per heavy atom. The Hall–Kier alpha value is -2.18. The summed E-state index contributed by atoms with van der Waals surface area (Å²) in [6.45, 7) is 6.20. The van der Waals surface area contributed by atoms with Gasteiger partial charge in [-0.3, -0.25) is 9.59 Å². The molecule has 0 amide bonds. The lowest BCUT2D eigenvalue weighted by Gasteiger charge is -2.15. The lowest BCUT2D eigenvalue weighted by atomic mass is 10.00. The summed E-state index contributed by atoms with van der Waals surface area (Å²) in [5.74, 6) is 0.129. The Kier molecular flexibility index (Phi) is 28.7. The third-order valence-electron chi connectivity index (χ3n) is 7.24. The first-order valence-corrected chi connectivity index (χ1v) is 16.7. The molecule has 6 nitrogen and oxygen atoms in total. The van der Waals surface area contributed by atoms with Crippen LogP contribution in [0.25, 0.3) is 0 Å². The normalized spacial score (nSPS) is 14.3. The van der Waals surface area contributed by atoms with Crippen molar-refractivity contribution >= 4 is 11.9 Å². The van der Waals surface area contributed by atoms with E-state index in [2.05, 4.69) is 57.2 Å². The molecule has 1 unspecified atom stereocenters. The maximum atomic E-state index is 12.1. The fourth-order valence-corrected chi connectivity index (χ4v) is 4.24. The summed E-state index contributed by atoms with van der Waals surface area (Å²) in [7, 11) is 0. The molecule has 0 rings (SSSR count). The second-order valence-corrected chi connectivity index (χ2v) is 11.3. The standard InChI is InChI=1S/C36H62O6/c1-4-6-26-33(38)27-22-18-13-11-9-7-8-10-12-14-20-24-29-36(40)42-34(30-37)31-41-35(39)28-23-19-16-15-17-21-25-32(3)5-2/h7-8,11-14,22,27,32-34,37-38H,4-6,9-10,15-21,23-26,28-31H2,1-3H3/b8-7-,13-11-,14-12-,27-22-/t32?,33-,34+/m1/s1. The van der Waals surface area contributed by atoms with E-state index in [1.807, 2.05) is 12.2 Å². The van der Waals surface area contributed by atoms with Crippen LogP contribution in [0, 0.1) is 5.92 Å². The summed E-state index contributed by atoms with van der Waals surface area (Å²) in [5, 5.41) is 19.2. The smallest absolute Gasteiger partial charge is 0.306 e. The Labute approximate surface area is 257 Å². The first-order chi connectivity index (χ1) is 20.4. The minimum Gasteiger partial charge on any atom is -0.462 e. The van der Waals surface area contributed by atoms with Crippen LogP contribution in [-0.4, -0.2) is 47.6 Å². The third kappa shape index (κ3) is 28.0. The monoisotopic (exact) mass is 590 g/mol. The van der Waals surface area contributed by atoms with Gasteiger partial charge in [0.05, 0.1) is 12.7 Å². The van der Waals surface area contributed by atoms with Crippen molar-refractivity contribution in [2.24, 2.45) is 5.92 Å². The number of ether oxygens (including phenoxy) is 2. The van der Waals surface area contributed by atoms with E-state index in [0.717, 1.165) is 70.1 Å². The summed E-state index contributed by atoms with van der Waals surface area (Å²) in [6.07, 6.45) is 32.2. The number of allylic oxidation sites excluding steroid dienone is 7. The molecule has 0 spiro atoms. The number of carbonyl (C=O) groups is 2. The Balaban J connectivity index is 3.79. The first-order valence-electron chi connectivity index (χ1n) is 16.7. The minimum absolute atomic E-state index is 0.100. The van der Waals surface area contributed by atoms with Gasteiger partial charge in [-0.15, -0.1) is 0 Å². The summed E-state index contributed by atoms with van der Waals surface area (Å²) < 4.78 is 10.5.